The number of halogens is 1. The molecule has 2 atom stereocenters. The molecule has 16 heavy (non-hydrogen) atoms. The number of rotatable bonds is 2. The first-order valence-corrected chi connectivity index (χ1v) is 6.98. The van der Waals surface area contributed by atoms with Crippen LogP contribution in [0.4, 0.5) is 5.69 Å². The molecule has 0 saturated heterocycles. The van der Waals surface area contributed by atoms with E-state index in [-0.39, 0.29) is 0 Å². The zero-order valence-electron chi connectivity index (χ0n) is 10.0. The lowest BCUT2D eigenvalue weighted by atomic mass is 9.78. The highest BCUT2D eigenvalue weighted by molar-refractivity contribution is 9.10. The van der Waals surface area contributed by atoms with Gasteiger partial charge in [0.1, 0.15) is 0 Å². The molecule has 1 saturated carbocycles. The molecule has 0 heterocycles. The summed E-state index contributed by atoms with van der Waals surface area (Å²) in [7, 11) is 0. The molecule has 1 nitrogen and oxygen atoms in total. The van der Waals surface area contributed by atoms with Gasteiger partial charge in [0.2, 0.25) is 0 Å². The Labute approximate surface area is 107 Å². The van der Waals surface area contributed by atoms with Crippen molar-refractivity contribution in [3.63, 3.8) is 0 Å². The number of nitrogens with one attached hydrogen (secondary N) is 1. The zero-order valence-corrected chi connectivity index (χ0v) is 11.6. The van der Waals surface area contributed by atoms with Crippen molar-refractivity contribution in [2.45, 2.75) is 39.2 Å². The fraction of sp³-hybridized carbons (Fsp3) is 0.571. The highest BCUT2D eigenvalue weighted by Gasteiger charge is 2.27. The lowest BCUT2D eigenvalue weighted by Gasteiger charge is -2.35. The van der Waals surface area contributed by atoms with Gasteiger partial charge in [0.15, 0.2) is 0 Å². The molecule has 0 aromatic heterocycles. The van der Waals surface area contributed by atoms with E-state index in [9.17, 15) is 0 Å². The Hall–Kier alpha value is -0.500. The maximum absolute atomic E-state index is 3.69. The minimum atomic E-state index is 0.634. The number of benzene rings is 1. The van der Waals surface area contributed by atoms with Gasteiger partial charge >= 0.3 is 0 Å². The highest BCUT2D eigenvalue weighted by Crippen LogP contribution is 2.31. The van der Waals surface area contributed by atoms with E-state index in [1.54, 1.807) is 0 Å². The number of hydrogen-bond acceptors (Lipinski definition) is 1. The van der Waals surface area contributed by atoms with Gasteiger partial charge in [-0.2, -0.15) is 0 Å². The molecule has 1 aliphatic rings. The van der Waals surface area contributed by atoms with Crippen LogP contribution < -0.4 is 5.32 Å². The molecule has 2 rings (SSSR count). The lowest BCUT2D eigenvalue weighted by molar-refractivity contribution is 0.268. The summed E-state index contributed by atoms with van der Waals surface area (Å²) in [6, 6.07) is 9.13. The van der Waals surface area contributed by atoms with E-state index in [0.717, 1.165) is 16.3 Å². The van der Waals surface area contributed by atoms with Gasteiger partial charge in [0, 0.05) is 16.2 Å². The molecule has 1 aromatic carbocycles. The third-order valence-corrected chi connectivity index (χ3v) is 4.25. The smallest absolute Gasteiger partial charge is 0.0343 e. The van der Waals surface area contributed by atoms with Gasteiger partial charge in [-0.1, -0.05) is 36.2 Å². The van der Waals surface area contributed by atoms with Crippen molar-refractivity contribution >= 4 is 21.6 Å². The van der Waals surface area contributed by atoms with E-state index < -0.39 is 0 Å². The van der Waals surface area contributed by atoms with Gasteiger partial charge in [-0.05, 0) is 48.9 Å². The molecular weight excluding hydrogens is 262 g/mol. The summed E-state index contributed by atoms with van der Waals surface area (Å²) in [5.41, 5.74) is 1.24. The monoisotopic (exact) mass is 281 g/mol. The minimum Gasteiger partial charge on any atom is -0.382 e. The fourth-order valence-corrected chi connectivity index (χ4v) is 2.97. The normalized spacial score (nSPS) is 30.1. The van der Waals surface area contributed by atoms with E-state index in [0.29, 0.717) is 6.04 Å². The van der Waals surface area contributed by atoms with Gasteiger partial charge in [-0.25, -0.2) is 0 Å². The van der Waals surface area contributed by atoms with Gasteiger partial charge in [-0.15, -0.1) is 0 Å². The maximum Gasteiger partial charge on any atom is 0.0343 e. The zero-order chi connectivity index (χ0) is 11.5. The molecule has 0 spiro atoms. The Morgan fingerprint density at radius 3 is 2.19 bits per heavy atom. The van der Waals surface area contributed by atoms with Crippen LogP contribution in [0.5, 0.6) is 0 Å². The molecule has 1 aliphatic carbocycles. The number of anilines is 1. The van der Waals surface area contributed by atoms with Gasteiger partial charge in [0.05, 0.1) is 0 Å². The largest absolute Gasteiger partial charge is 0.382 e. The first kappa shape index (κ1) is 12.0. The molecule has 2 heteroatoms. The van der Waals surface area contributed by atoms with Crippen LogP contribution in [0.15, 0.2) is 28.7 Å². The van der Waals surface area contributed by atoms with Crippen LogP contribution in [-0.4, -0.2) is 6.04 Å². The highest BCUT2D eigenvalue weighted by atomic mass is 79.9. The second kappa shape index (κ2) is 5.22. The lowest BCUT2D eigenvalue weighted by Crippen LogP contribution is -2.36. The van der Waals surface area contributed by atoms with Crippen molar-refractivity contribution in [1.82, 2.24) is 0 Å². The summed E-state index contributed by atoms with van der Waals surface area (Å²) in [4.78, 5) is 0. The average molecular weight is 282 g/mol. The molecule has 0 amide bonds. The van der Waals surface area contributed by atoms with E-state index in [1.165, 1.54) is 24.9 Å². The molecule has 0 bridgehead atoms. The van der Waals surface area contributed by atoms with Gasteiger partial charge < -0.3 is 5.32 Å². The summed E-state index contributed by atoms with van der Waals surface area (Å²) in [5.74, 6) is 1.57. The topological polar surface area (TPSA) is 12.0 Å². The van der Waals surface area contributed by atoms with Crippen LogP contribution in [0.2, 0.25) is 0 Å². The fourth-order valence-electron chi connectivity index (χ4n) is 2.70. The minimum absolute atomic E-state index is 0.634. The first-order chi connectivity index (χ1) is 7.66. The van der Waals surface area contributed by atoms with Crippen LogP contribution in [0, 0.1) is 11.8 Å². The Morgan fingerprint density at radius 1 is 1.06 bits per heavy atom. The predicted octanol–water partition coefficient (Wildman–Crippen LogP) is 4.69. The summed E-state index contributed by atoms with van der Waals surface area (Å²) in [5, 5.41) is 3.69. The predicted molar refractivity (Wildman–Crippen MR) is 73.7 cm³/mol. The SMILES string of the molecule is CC1CCCC(C)C1Nc1ccc(Br)cc1. The molecule has 1 fully saturated rings. The summed E-state index contributed by atoms with van der Waals surface area (Å²) >= 11 is 3.47. The molecule has 1 N–H and O–H groups in total. The van der Waals surface area contributed by atoms with Crippen LogP contribution in [0.25, 0.3) is 0 Å². The third kappa shape index (κ3) is 2.79. The second-order valence-electron chi connectivity index (χ2n) is 5.06. The van der Waals surface area contributed by atoms with E-state index in [4.69, 9.17) is 0 Å². The van der Waals surface area contributed by atoms with Crippen molar-refractivity contribution in [3.8, 4) is 0 Å². The quantitative estimate of drug-likeness (QED) is 0.830. The van der Waals surface area contributed by atoms with Crippen molar-refractivity contribution in [1.29, 1.82) is 0 Å². The summed E-state index contributed by atoms with van der Waals surface area (Å²) in [6.45, 7) is 4.73. The molecule has 0 radical (unpaired) electrons. The number of hydrogen-bond donors (Lipinski definition) is 1. The van der Waals surface area contributed by atoms with Crippen LogP contribution in [-0.2, 0) is 0 Å². The Balaban J connectivity index is 2.04. The Bertz CT molecular complexity index is 323. The van der Waals surface area contributed by atoms with Gasteiger partial charge in [-0.3, -0.25) is 0 Å². The van der Waals surface area contributed by atoms with Crippen molar-refractivity contribution in [2.75, 3.05) is 5.32 Å². The molecule has 1 aromatic rings. The average Bonchev–Trinajstić information content (AvgIpc) is 2.26. The first-order valence-electron chi connectivity index (χ1n) is 6.19. The molecule has 0 aliphatic heterocycles. The summed E-state index contributed by atoms with van der Waals surface area (Å²) < 4.78 is 1.14. The van der Waals surface area contributed by atoms with Crippen molar-refractivity contribution < 1.29 is 0 Å². The van der Waals surface area contributed by atoms with E-state index in [1.807, 2.05) is 0 Å². The van der Waals surface area contributed by atoms with Crippen LogP contribution >= 0.6 is 15.9 Å². The molecular formula is C14H20BrN. The van der Waals surface area contributed by atoms with Crippen molar-refractivity contribution in [3.05, 3.63) is 28.7 Å². The van der Waals surface area contributed by atoms with Gasteiger partial charge in [0.25, 0.3) is 0 Å². The Kier molecular flexibility index (Phi) is 3.91. The maximum atomic E-state index is 3.69. The van der Waals surface area contributed by atoms with E-state index >= 15 is 0 Å². The standard InChI is InChI=1S/C14H20BrN/c1-10-4-3-5-11(2)14(10)16-13-8-6-12(15)7-9-13/h6-11,14,16H,3-5H2,1-2H3. The van der Waals surface area contributed by atoms with Crippen LogP contribution in [0.3, 0.4) is 0 Å². The third-order valence-electron chi connectivity index (χ3n) is 3.72. The molecule has 2 unspecified atom stereocenters. The second-order valence-corrected chi connectivity index (χ2v) is 5.98. The van der Waals surface area contributed by atoms with E-state index in [2.05, 4.69) is 59.4 Å². The molecule has 88 valence electrons. The van der Waals surface area contributed by atoms with Crippen molar-refractivity contribution in [2.24, 2.45) is 11.8 Å². The Morgan fingerprint density at radius 2 is 1.62 bits per heavy atom. The van der Waals surface area contributed by atoms with Crippen LogP contribution in [0.1, 0.15) is 33.1 Å². The summed E-state index contributed by atoms with van der Waals surface area (Å²) in [6.07, 6.45) is 4.11.